The minimum atomic E-state index is -0.147. The molecule has 0 saturated carbocycles. The molecule has 6 heteroatoms. The maximum atomic E-state index is 13.8. The number of aromatic amines is 1. The highest BCUT2D eigenvalue weighted by atomic mass is 79.9. The van der Waals surface area contributed by atoms with Crippen LogP contribution in [0.25, 0.3) is 10.9 Å². The number of carbonyl (C=O) groups excluding carboxylic acids is 2. The fourth-order valence-electron chi connectivity index (χ4n) is 4.74. The van der Waals surface area contributed by atoms with Gasteiger partial charge in [-0.3, -0.25) is 9.59 Å². The van der Waals surface area contributed by atoms with Crippen LogP contribution in [0.5, 0.6) is 0 Å². The van der Waals surface area contributed by atoms with Crippen molar-refractivity contribution in [1.29, 1.82) is 0 Å². The van der Waals surface area contributed by atoms with Gasteiger partial charge in [0.15, 0.2) is 0 Å². The van der Waals surface area contributed by atoms with Crippen molar-refractivity contribution in [3.63, 3.8) is 0 Å². The second-order valence-electron chi connectivity index (χ2n) is 11.4. The molecule has 1 aromatic heterocycles. The van der Waals surface area contributed by atoms with Crippen molar-refractivity contribution in [2.45, 2.75) is 59.0 Å². The minimum absolute atomic E-state index is 0.0248. The molecule has 2 amide bonds. The maximum absolute atomic E-state index is 13.8. The summed E-state index contributed by atoms with van der Waals surface area (Å²) in [6.07, 6.45) is 2.75. The highest BCUT2D eigenvalue weighted by Crippen LogP contribution is 2.23. The second-order valence-corrected chi connectivity index (χ2v) is 12.3. The quantitative estimate of drug-likeness (QED) is 0.222. The lowest BCUT2D eigenvalue weighted by Crippen LogP contribution is -2.46. The van der Waals surface area contributed by atoms with Gasteiger partial charge in [-0.2, -0.15) is 0 Å². The van der Waals surface area contributed by atoms with Gasteiger partial charge in [-0.15, -0.1) is 0 Å². The monoisotopic (exact) mass is 587 g/mol. The molecule has 0 aliphatic carbocycles. The summed E-state index contributed by atoms with van der Waals surface area (Å²) in [7, 11) is 0. The number of amides is 2. The minimum Gasteiger partial charge on any atom is -0.361 e. The lowest BCUT2D eigenvalue weighted by Gasteiger charge is -2.30. The molecule has 0 bridgehead atoms. The van der Waals surface area contributed by atoms with Crippen molar-refractivity contribution >= 4 is 38.6 Å². The van der Waals surface area contributed by atoms with Gasteiger partial charge < -0.3 is 14.8 Å². The molecular formula is C33H38BrN3O2. The van der Waals surface area contributed by atoms with Crippen LogP contribution in [0.3, 0.4) is 0 Å². The van der Waals surface area contributed by atoms with Crippen LogP contribution in [0.4, 0.5) is 0 Å². The molecule has 0 unspecified atom stereocenters. The van der Waals surface area contributed by atoms with Crippen LogP contribution in [-0.4, -0.2) is 45.7 Å². The predicted octanol–water partition coefficient (Wildman–Crippen LogP) is 7.35. The Balaban J connectivity index is 1.57. The molecule has 5 nitrogen and oxygen atoms in total. The Kier molecular flexibility index (Phi) is 8.96. The maximum Gasteiger partial charge on any atom is 0.254 e. The molecule has 0 aliphatic heterocycles. The molecule has 0 fully saturated rings. The molecule has 4 aromatic rings. The van der Waals surface area contributed by atoms with Crippen LogP contribution in [0.15, 0.2) is 83.5 Å². The van der Waals surface area contributed by atoms with Gasteiger partial charge in [0.05, 0.1) is 0 Å². The van der Waals surface area contributed by atoms with Gasteiger partial charge in [0.25, 0.3) is 5.91 Å². The first-order valence-corrected chi connectivity index (χ1v) is 14.3. The zero-order valence-electron chi connectivity index (χ0n) is 23.5. The summed E-state index contributed by atoms with van der Waals surface area (Å²) in [6.45, 7) is 11.6. The van der Waals surface area contributed by atoms with E-state index in [0.29, 0.717) is 18.7 Å². The number of rotatable bonds is 9. The molecule has 1 N–H and O–H groups in total. The van der Waals surface area contributed by atoms with Crippen LogP contribution in [0.2, 0.25) is 0 Å². The van der Waals surface area contributed by atoms with E-state index in [2.05, 4.69) is 78.1 Å². The van der Waals surface area contributed by atoms with Crippen molar-refractivity contribution in [3.8, 4) is 0 Å². The molecule has 39 heavy (non-hydrogen) atoms. The van der Waals surface area contributed by atoms with Gasteiger partial charge in [-0.05, 0) is 66.6 Å². The first-order chi connectivity index (χ1) is 18.5. The summed E-state index contributed by atoms with van der Waals surface area (Å²) in [5.41, 5.74) is 5.23. The van der Waals surface area contributed by atoms with Gasteiger partial charge >= 0.3 is 0 Å². The summed E-state index contributed by atoms with van der Waals surface area (Å²) in [5.74, 6) is -0.211. The van der Waals surface area contributed by atoms with E-state index in [1.54, 1.807) is 17.0 Å². The first-order valence-electron chi connectivity index (χ1n) is 13.5. The second kappa shape index (κ2) is 12.2. The van der Waals surface area contributed by atoms with Gasteiger partial charge in [0, 0.05) is 46.3 Å². The topological polar surface area (TPSA) is 56.4 Å². The number of H-pyrrole nitrogens is 1. The molecule has 0 aliphatic rings. The Morgan fingerprint density at radius 3 is 2.33 bits per heavy atom. The van der Waals surface area contributed by atoms with Crippen LogP contribution in [-0.2, 0) is 23.2 Å². The molecule has 0 radical (unpaired) electrons. The molecule has 0 spiro atoms. The van der Waals surface area contributed by atoms with Crippen molar-refractivity contribution < 1.29 is 9.59 Å². The summed E-state index contributed by atoms with van der Waals surface area (Å²) in [5, 5.41) is 1.17. The molecule has 0 atom stereocenters. The number of fused-ring (bicyclic) bond motifs is 1. The Morgan fingerprint density at radius 2 is 1.67 bits per heavy atom. The van der Waals surface area contributed by atoms with E-state index in [4.69, 9.17) is 0 Å². The van der Waals surface area contributed by atoms with Crippen LogP contribution >= 0.6 is 15.9 Å². The lowest BCUT2D eigenvalue weighted by molar-refractivity contribution is -0.132. The Hall–Kier alpha value is -3.38. The zero-order valence-corrected chi connectivity index (χ0v) is 25.1. The SMILES string of the molecule is CC(C)N(CC(=O)N(CCc1c[nH]c2ccccc12)Cc1ccc(C(C)(C)C)cc1)C(=O)c1cccc(Br)c1. The number of halogens is 1. The van der Waals surface area contributed by atoms with E-state index < -0.39 is 0 Å². The highest BCUT2D eigenvalue weighted by Gasteiger charge is 2.25. The third-order valence-corrected chi connectivity index (χ3v) is 7.63. The predicted molar refractivity (Wildman–Crippen MR) is 163 cm³/mol. The van der Waals surface area contributed by atoms with E-state index in [0.717, 1.165) is 22.0 Å². The Labute approximate surface area is 240 Å². The van der Waals surface area contributed by atoms with Crippen LogP contribution < -0.4 is 0 Å². The fraction of sp³-hybridized carbons (Fsp3) is 0.333. The summed E-state index contributed by atoms with van der Waals surface area (Å²) in [4.78, 5) is 34.1. The van der Waals surface area contributed by atoms with Gasteiger partial charge in [0.1, 0.15) is 6.54 Å². The number of para-hydroxylation sites is 1. The fourth-order valence-corrected chi connectivity index (χ4v) is 5.14. The van der Waals surface area contributed by atoms with Gasteiger partial charge in [-0.1, -0.05) is 85.2 Å². The summed E-state index contributed by atoms with van der Waals surface area (Å²) >= 11 is 3.45. The van der Waals surface area contributed by atoms with E-state index in [1.165, 1.54) is 16.5 Å². The molecular weight excluding hydrogens is 550 g/mol. The average molecular weight is 589 g/mol. The summed E-state index contributed by atoms with van der Waals surface area (Å²) in [6, 6.07) is 23.9. The van der Waals surface area contributed by atoms with Gasteiger partial charge in [-0.25, -0.2) is 0 Å². The lowest BCUT2D eigenvalue weighted by atomic mass is 9.87. The van der Waals surface area contributed by atoms with Crippen LogP contribution in [0.1, 0.15) is 61.7 Å². The third-order valence-electron chi connectivity index (χ3n) is 7.13. The van der Waals surface area contributed by atoms with E-state index in [1.807, 2.05) is 49.2 Å². The largest absolute Gasteiger partial charge is 0.361 e. The molecule has 3 aromatic carbocycles. The average Bonchev–Trinajstić information content (AvgIpc) is 3.32. The highest BCUT2D eigenvalue weighted by molar-refractivity contribution is 9.10. The van der Waals surface area contributed by atoms with Crippen molar-refractivity contribution in [2.24, 2.45) is 0 Å². The zero-order chi connectivity index (χ0) is 28.2. The number of nitrogens with one attached hydrogen (secondary N) is 1. The van der Waals surface area contributed by atoms with E-state index >= 15 is 0 Å². The number of nitrogens with zero attached hydrogens (tertiary/aromatic N) is 2. The van der Waals surface area contributed by atoms with Crippen molar-refractivity contribution in [3.05, 3.63) is 106 Å². The number of hydrogen-bond donors (Lipinski definition) is 1. The van der Waals surface area contributed by atoms with Crippen molar-refractivity contribution in [2.75, 3.05) is 13.1 Å². The smallest absolute Gasteiger partial charge is 0.254 e. The molecule has 1 heterocycles. The molecule has 0 saturated heterocycles. The van der Waals surface area contributed by atoms with Gasteiger partial charge in [0.2, 0.25) is 5.91 Å². The summed E-state index contributed by atoms with van der Waals surface area (Å²) < 4.78 is 0.836. The number of benzene rings is 3. The van der Waals surface area contributed by atoms with Crippen LogP contribution in [0, 0.1) is 0 Å². The van der Waals surface area contributed by atoms with Crippen molar-refractivity contribution in [1.82, 2.24) is 14.8 Å². The van der Waals surface area contributed by atoms with E-state index in [9.17, 15) is 9.59 Å². The normalized spacial score (nSPS) is 11.7. The van der Waals surface area contributed by atoms with E-state index in [-0.39, 0.29) is 29.8 Å². The Bertz CT molecular complexity index is 1430. The number of aromatic nitrogens is 1. The number of hydrogen-bond acceptors (Lipinski definition) is 2. The number of carbonyl (C=O) groups is 2. The Morgan fingerprint density at radius 1 is 0.949 bits per heavy atom. The molecule has 4 rings (SSSR count). The standard InChI is InChI=1S/C33H38BrN3O2/c1-23(2)37(32(39)25-9-8-10-28(34)19-25)22-31(38)36(21-24-13-15-27(16-14-24)33(3,4)5)18-17-26-20-35-30-12-7-6-11-29(26)30/h6-16,19-20,23,35H,17-18,21-22H2,1-5H3. The third kappa shape index (κ3) is 7.18. The molecule has 204 valence electrons. The first kappa shape index (κ1) is 28.6.